The molecule has 0 bridgehead atoms. The van der Waals surface area contributed by atoms with Crippen molar-refractivity contribution in [3.05, 3.63) is 29.3 Å². The van der Waals surface area contributed by atoms with E-state index in [0.717, 1.165) is 13.0 Å². The Balaban J connectivity index is 2.27. The zero-order chi connectivity index (χ0) is 14.7. The number of nitrogens with zero attached hydrogens (tertiary/aromatic N) is 1. The average Bonchev–Trinajstić information content (AvgIpc) is 2.81. The Bertz CT molecular complexity index is 521. The third kappa shape index (κ3) is 3.29. The number of carbonyl (C=O) groups excluding carboxylic acids is 1. The molecule has 1 aliphatic heterocycles. The molecule has 1 aromatic rings. The van der Waals surface area contributed by atoms with Crippen LogP contribution in [-0.4, -0.2) is 36.1 Å². The number of nitrogens with one attached hydrogen (secondary N) is 1. The molecule has 6 heteroatoms. The molecule has 1 aromatic carbocycles. The smallest absolute Gasteiger partial charge is 0.323 e. The third-order valence-electron chi connectivity index (χ3n) is 3.52. The predicted molar refractivity (Wildman–Crippen MR) is 77.0 cm³/mol. The first-order valence-electron chi connectivity index (χ1n) is 6.51. The number of halogens is 1. The van der Waals surface area contributed by atoms with Gasteiger partial charge in [-0.3, -0.25) is 9.59 Å². The number of aliphatic carboxylic acids is 1. The van der Waals surface area contributed by atoms with Gasteiger partial charge in [0.15, 0.2) is 0 Å². The van der Waals surface area contributed by atoms with E-state index in [1.165, 1.54) is 4.90 Å². The van der Waals surface area contributed by atoms with Gasteiger partial charge in [-0.05, 0) is 38.1 Å². The zero-order valence-corrected chi connectivity index (χ0v) is 11.9. The van der Waals surface area contributed by atoms with E-state index in [9.17, 15) is 9.59 Å². The van der Waals surface area contributed by atoms with E-state index in [2.05, 4.69) is 5.32 Å². The molecule has 108 valence electrons. The molecule has 5 nitrogen and oxygen atoms in total. The summed E-state index contributed by atoms with van der Waals surface area (Å²) in [5.74, 6) is -1.42. The number of hydrogen-bond acceptors (Lipinski definition) is 3. The summed E-state index contributed by atoms with van der Waals surface area (Å²) in [5.41, 5.74) is 0.518. The van der Waals surface area contributed by atoms with Gasteiger partial charge in [-0.2, -0.15) is 0 Å². The number of amides is 1. The maximum Gasteiger partial charge on any atom is 0.323 e. The summed E-state index contributed by atoms with van der Waals surface area (Å²) in [6.45, 7) is 2.35. The molecule has 0 aromatic heterocycles. The van der Waals surface area contributed by atoms with Crippen molar-refractivity contribution >= 4 is 29.2 Å². The van der Waals surface area contributed by atoms with Gasteiger partial charge in [0, 0.05) is 16.8 Å². The monoisotopic (exact) mass is 296 g/mol. The van der Waals surface area contributed by atoms with E-state index in [1.807, 2.05) is 6.92 Å². The Labute approximate surface area is 122 Å². The van der Waals surface area contributed by atoms with Gasteiger partial charge in [0.05, 0.1) is 5.92 Å². The molecule has 0 spiro atoms. The van der Waals surface area contributed by atoms with Crippen molar-refractivity contribution in [2.45, 2.75) is 19.4 Å². The van der Waals surface area contributed by atoms with Crippen molar-refractivity contribution in [1.82, 2.24) is 5.32 Å². The molecular formula is C14H17ClN2O3. The van der Waals surface area contributed by atoms with Gasteiger partial charge in [-0.25, -0.2) is 0 Å². The van der Waals surface area contributed by atoms with Crippen molar-refractivity contribution in [3.63, 3.8) is 0 Å². The molecule has 2 unspecified atom stereocenters. The Kier molecular flexibility index (Phi) is 4.62. The number of hydrogen-bond donors (Lipinski definition) is 2. The van der Waals surface area contributed by atoms with Crippen LogP contribution < -0.4 is 10.2 Å². The lowest BCUT2D eigenvalue weighted by atomic mass is 10.00. The Morgan fingerprint density at radius 3 is 2.80 bits per heavy atom. The first-order valence-corrected chi connectivity index (χ1v) is 6.89. The van der Waals surface area contributed by atoms with Gasteiger partial charge in [-0.15, -0.1) is 0 Å². The number of carboxylic acid groups (broad SMARTS) is 1. The SMILES string of the molecule is CC1NCCC1C(=O)N(CC(=O)O)c1cccc(Cl)c1. The van der Waals surface area contributed by atoms with Crippen molar-refractivity contribution in [3.8, 4) is 0 Å². The van der Waals surface area contributed by atoms with Crippen LogP contribution in [-0.2, 0) is 9.59 Å². The summed E-state index contributed by atoms with van der Waals surface area (Å²) in [6.07, 6.45) is 0.719. The summed E-state index contributed by atoms with van der Waals surface area (Å²) in [4.78, 5) is 24.9. The van der Waals surface area contributed by atoms with E-state index in [0.29, 0.717) is 10.7 Å². The van der Waals surface area contributed by atoms with E-state index >= 15 is 0 Å². The molecule has 0 radical (unpaired) electrons. The van der Waals surface area contributed by atoms with Gasteiger partial charge < -0.3 is 15.3 Å². The Hall–Kier alpha value is -1.59. The fraction of sp³-hybridized carbons (Fsp3) is 0.429. The van der Waals surface area contributed by atoms with Gasteiger partial charge in [0.25, 0.3) is 0 Å². The normalized spacial score (nSPS) is 21.7. The molecule has 1 fully saturated rings. The summed E-state index contributed by atoms with van der Waals surface area (Å²) in [6, 6.07) is 6.75. The van der Waals surface area contributed by atoms with Crippen LogP contribution in [0.25, 0.3) is 0 Å². The number of rotatable bonds is 4. The molecule has 1 heterocycles. The van der Waals surface area contributed by atoms with E-state index in [4.69, 9.17) is 16.7 Å². The molecular weight excluding hydrogens is 280 g/mol. The second kappa shape index (κ2) is 6.24. The van der Waals surface area contributed by atoms with Crippen molar-refractivity contribution in [2.24, 2.45) is 5.92 Å². The maximum absolute atomic E-state index is 12.6. The number of benzene rings is 1. The molecule has 1 amide bonds. The number of carbonyl (C=O) groups is 2. The van der Waals surface area contributed by atoms with E-state index < -0.39 is 5.97 Å². The number of anilines is 1. The van der Waals surface area contributed by atoms with Crippen LogP contribution in [0.15, 0.2) is 24.3 Å². The first kappa shape index (κ1) is 14.8. The minimum atomic E-state index is -1.04. The van der Waals surface area contributed by atoms with Gasteiger partial charge in [0.1, 0.15) is 6.54 Å². The summed E-state index contributed by atoms with van der Waals surface area (Å²) in [7, 11) is 0. The molecule has 2 N–H and O–H groups in total. The summed E-state index contributed by atoms with van der Waals surface area (Å²) < 4.78 is 0. The standard InChI is InChI=1S/C14H17ClN2O3/c1-9-12(5-6-16-9)14(20)17(8-13(18)19)11-4-2-3-10(15)7-11/h2-4,7,9,12,16H,5-6,8H2,1H3,(H,18,19). The average molecular weight is 297 g/mol. The molecule has 2 rings (SSSR count). The highest BCUT2D eigenvalue weighted by Gasteiger charge is 2.34. The van der Waals surface area contributed by atoms with E-state index in [-0.39, 0.29) is 24.4 Å². The largest absolute Gasteiger partial charge is 0.480 e. The second-order valence-corrected chi connectivity index (χ2v) is 5.37. The fourth-order valence-corrected chi connectivity index (χ4v) is 2.66. The zero-order valence-electron chi connectivity index (χ0n) is 11.2. The molecule has 0 saturated carbocycles. The van der Waals surface area contributed by atoms with Crippen LogP contribution in [0.4, 0.5) is 5.69 Å². The fourth-order valence-electron chi connectivity index (χ4n) is 2.47. The highest BCUT2D eigenvalue weighted by molar-refractivity contribution is 6.31. The second-order valence-electron chi connectivity index (χ2n) is 4.94. The maximum atomic E-state index is 12.6. The highest BCUT2D eigenvalue weighted by atomic mass is 35.5. The number of carboxylic acids is 1. The van der Waals surface area contributed by atoms with Crippen LogP contribution >= 0.6 is 11.6 Å². The van der Waals surface area contributed by atoms with Crippen LogP contribution in [0.2, 0.25) is 5.02 Å². The van der Waals surface area contributed by atoms with Crippen LogP contribution in [0.1, 0.15) is 13.3 Å². The molecule has 20 heavy (non-hydrogen) atoms. The van der Waals surface area contributed by atoms with E-state index in [1.54, 1.807) is 24.3 Å². The minimum Gasteiger partial charge on any atom is -0.480 e. The highest BCUT2D eigenvalue weighted by Crippen LogP contribution is 2.24. The van der Waals surface area contributed by atoms with Gasteiger partial charge in [-0.1, -0.05) is 17.7 Å². The van der Waals surface area contributed by atoms with Crippen molar-refractivity contribution in [2.75, 3.05) is 18.0 Å². The Morgan fingerprint density at radius 1 is 1.50 bits per heavy atom. The molecule has 1 aliphatic rings. The predicted octanol–water partition coefficient (Wildman–Crippen LogP) is 1.76. The quantitative estimate of drug-likeness (QED) is 0.888. The van der Waals surface area contributed by atoms with Crippen LogP contribution in [0, 0.1) is 5.92 Å². The molecule has 2 atom stereocenters. The van der Waals surface area contributed by atoms with Crippen LogP contribution in [0.3, 0.4) is 0 Å². The van der Waals surface area contributed by atoms with Crippen molar-refractivity contribution < 1.29 is 14.7 Å². The van der Waals surface area contributed by atoms with Crippen molar-refractivity contribution in [1.29, 1.82) is 0 Å². The van der Waals surface area contributed by atoms with Gasteiger partial charge >= 0.3 is 5.97 Å². The lowest BCUT2D eigenvalue weighted by Crippen LogP contribution is -2.43. The lowest BCUT2D eigenvalue weighted by molar-refractivity contribution is -0.137. The van der Waals surface area contributed by atoms with Gasteiger partial charge in [0.2, 0.25) is 5.91 Å². The Morgan fingerprint density at radius 2 is 2.25 bits per heavy atom. The first-order chi connectivity index (χ1) is 9.49. The lowest BCUT2D eigenvalue weighted by Gasteiger charge is -2.26. The minimum absolute atomic E-state index is 0.0537. The topological polar surface area (TPSA) is 69.6 Å². The molecule has 1 saturated heterocycles. The van der Waals surface area contributed by atoms with Crippen LogP contribution in [0.5, 0.6) is 0 Å². The molecule has 0 aliphatic carbocycles. The third-order valence-corrected chi connectivity index (χ3v) is 3.76. The summed E-state index contributed by atoms with van der Waals surface area (Å²) in [5, 5.41) is 12.7. The summed E-state index contributed by atoms with van der Waals surface area (Å²) >= 11 is 5.92.